The van der Waals surface area contributed by atoms with Crippen LogP contribution in [0.1, 0.15) is 18.1 Å². The van der Waals surface area contributed by atoms with Gasteiger partial charge in [-0.05, 0) is 56.0 Å². The van der Waals surface area contributed by atoms with Crippen molar-refractivity contribution in [2.24, 2.45) is 9.39 Å². The van der Waals surface area contributed by atoms with Gasteiger partial charge in [0.15, 0.2) is 16.7 Å². The maximum Gasteiger partial charge on any atom is 0.283 e. The molecule has 0 bridgehead atoms. The van der Waals surface area contributed by atoms with Gasteiger partial charge in [-0.25, -0.2) is 4.90 Å². The van der Waals surface area contributed by atoms with E-state index in [1.54, 1.807) is 23.1 Å². The van der Waals surface area contributed by atoms with Crippen molar-refractivity contribution in [2.75, 3.05) is 26.1 Å². The number of hydrogen-bond acceptors (Lipinski definition) is 8. The highest BCUT2D eigenvalue weighted by Gasteiger charge is 2.37. The Kier molecular flexibility index (Phi) is 7.59. The summed E-state index contributed by atoms with van der Waals surface area (Å²) in [6.07, 6.45) is 3.51. The summed E-state index contributed by atoms with van der Waals surface area (Å²) >= 11 is 2.50. The monoisotopic (exact) mass is 496 g/mol. The maximum absolute atomic E-state index is 12.6. The van der Waals surface area contributed by atoms with Crippen LogP contribution in [0.25, 0.3) is 6.08 Å². The van der Waals surface area contributed by atoms with Gasteiger partial charge in [0.2, 0.25) is 5.17 Å². The summed E-state index contributed by atoms with van der Waals surface area (Å²) in [4.78, 5) is 18.2. The number of hydrogen-bond donors (Lipinski definition) is 1. The van der Waals surface area contributed by atoms with E-state index in [1.165, 1.54) is 17.3 Å². The average molecular weight is 497 g/mol. The molecule has 8 nitrogen and oxygen atoms in total. The summed E-state index contributed by atoms with van der Waals surface area (Å²) in [5.41, 5.74) is 2.07. The number of nitrogens with one attached hydrogen (secondary N) is 1. The van der Waals surface area contributed by atoms with Crippen LogP contribution < -0.4 is 14.2 Å². The van der Waals surface area contributed by atoms with Crippen LogP contribution in [-0.2, 0) is 4.79 Å². The highest BCUT2D eigenvalue weighted by molar-refractivity contribution is 8.18. The van der Waals surface area contributed by atoms with E-state index >= 15 is 0 Å². The van der Waals surface area contributed by atoms with Crippen LogP contribution in [-0.4, -0.2) is 53.1 Å². The number of ether oxygens (including phenoxy) is 3. The first-order valence-electron chi connectivity index (χ1n) is 10.6. The van der Waals surface area contributed by atoms with E-state index in [0.29, 0.717) is 47.2 Å². The van der Waals surface area contributed by atoms with Crippen LogP contribution in [0.5, 0.6) is 17.2 Å². The molecule has 0 radical (unpaired) electrons. The van der Waals surface area contributed by atoms with E-state index in [2.05, 4.69) is 9.39 Å². The fraction of sp³-hybridized carbons (Fsp3) is 0.250. The second kappa shape index (κ2) is 10.8. The molecule has 2 aromatic carbocycles. The van der Waals surface area contributed by atoms with E-state index < -0.39 is 5.91 Å². The Hall–Kier alpha value is -3.24. The van der Waals surface area contributed by atoms with Crippen molar-refractivity contribution < 1.29 is 19.0 Å². The minimum Gasteiger partial charge on any atom is -0.490 e. The Morgan fingerprint density at radius 2 is 1.85 bits per heavy atom. The van der Waals surface area contributed by atoms with Crippen LogP contribution in [0, 0.1) is 12.3 Å². The summed E-state index contributed by atoms with van der Waals surface area (Å²) in [6, 6.07) is 13.2. The van der Waals surface area contributed by atoms with Crippen LogP contribution >= 0.6 is 23.7 Å². The van der Waals surface area contributed by atoms with Crippen molar-refractivity contribution in [1.29, 1.82) is 5.41 Å². The highest BCUT2D eigenvalue weighted by atomic mass is 32.2. The van der Waals surface area contributed by atoms with Crippen LogP contribution in [0.3, 0.4) is 0 Å². The van der Waals surface area contributed by atoms with Crippen molar-refractivity contribution in [3.8, 4) is 17.2 Å². The second-order valence-electron chi connectivity index (χ2n) is 7.26. The van der Waals surface area contributed by atoms with E-state index in [0.717, 1.165) is 17.7 Å². The Balaban J connectivity index is 1.47. The van der Waals surface area contributed by atoms with Crippen LogP contribution in [0.4, 0.5) is 0 Å². The Morgan fingerprint density at radius 3 is 2.59 bits per heavy atom. The Bertz CT molecular complexity index is 1190. The lowest BCUT2D eigenvalue weighted by molar-refractivity contribution is -0.114. The number of amides is 1. The van der Waals surface area contributed by atoms with Crippen molar-refractivity contribution in [2.45, 2.75) is 13.8 Å². The zero-order valence-electron chi connectivity index (χ0n) is 19.0. The largest absolute Gasteiger partial charge is 0.490 e. The Labute approximate surface area is 206 Å². The third-order valence-electron chi connectivity index (χ3n) is 4.89. The predicted octanol–water partition coefficient (Wildman–Crippen LogP) is 4.79. The number of aliphatic imine (C=N–C) groups is 1. The summed E-state index contributed by atoms with van der Waals surface area (Å²) in [5, 5.41) is 9.57. The number of carbonyl (C=O) groups excluding carboxylic acids is 1. The van der Waals surface area contributed by atoms with Gasteiger partial charge in [0.1, 0.15) is 24.8 Å². The first-order valence-corrected chi connectivity index (χ1v) is 12.6. The average Bonchev–Trinajstić information content (AvgIpc) is 3.25. The van der Waals surface area contributed by atoms with Crippen LogP contribution in [0.2, 0.25) is 0 Å². The van der Waals surface area contributed by atoms with Gasteiger partial charge in [-0.2, -0.15) is 9.39 Å². The Morgan fingerprint density at radius 1 is 1.09 bits per heavy atom. The van der Waals surface area contributed by atoms with Crippen molar-refractivity contribution in [1.82, 2.24) is 4.90 Å². The van der Waals surface area contributed by atoms with Gasteiger partial charge in [-0.3, -0.25) is 10.2 Å². The zero-order valence-corrected chi connectivity index (χ0v) is 20.7. The molecule has 0 unspecified atom stereocenters. The number of carbonyl (C=O) groups is 1. The molecular formula is C24H24N4O4S2. The molecule has 1 amide bonds. The first kappa shape index (κ1) is 23.9. The molecule has 2 heterocycles. The lowest BCUT2D eigenvalue weighted by atomic mass is 10.1. The van der Waals surface area contributed by atoms with Gasteiger partial charge < -0.3 is 14.2 Å². The minimum absolute atomic E-state index is 0.0552. The molecule has 0 fully saturated rings. The number of amidine groups is 3. The zero-order chi connectivity index (χ0) is 24.1. The lowest BCUT2D eigenvalue weighted by Gasteiger charge is -2.23. The first-order chi connectivity index (χ1) is 16.5. The molecule has 176 valence electrons. The highest BCUT2D eigenvalue weighted by Crippen LogP contribution is 2.33. The lowest BCUT2D eigenvalue weighted by Crippen LogP contribution is -2.41. The van der Waals surface area contributed by atoms with E-state index in [9.17, 15) is 4.79 Å². The second-order valence-corrected chi connectivity index (χ2v) is 8.76. The molecule has 0 aliphatic carbocycles. The number of fused-ring (bicyclic) bond motifs is 1. The van der Waals surface area contributed by atoms with Gasteiger partial charge in [-0.15, -0.1) is 0 Å². The van der Waals surface area contributed by atoms with Crippen LogP contribution in [0.15, 0.2) is 57.4 Å². The molecule has 0 saturated carbocycles. The van der Waals surface area contributed by atoms with Gasteiger partial charge in [0.05, 0.1) is 24.1 Å². The molecule has 0 saturated heterocycles. The maximum atomic E-state index is 12.6. The minimum atomic E-state index is -0.465. The summed E-state index contributed by atoms with van der Waals surface area (Å²) in [5.74, 6) is 1.51. The quantitative estimate of drug-likeness (QED) is 0.319. The molecule has 10 heteroatoms. The molecule has 2 aliphatic rings. The normalized spacial score (nSPS) is 16.3. The summed E-state index contributed by atoms with van der Waals surface area (Å²) in [7, 11) is 0. The SMILES string of the molecule is CCOc1cc(/C=C2/C(=N)N3C(SC)=NSC3=NC2=O)ccc1OCCOc1ccc(C)cc1. The third-order valence-corrected chi connectivity index (χ3v) is 6.34. The standard InChI is InChI=1S/C24H24N4O4S2/c1-4-30-20-14-16(7-10-19(20)32-12-11-31-17-8-5-15(2)6-9-17)13-18-21(25)28-23(26-22(18)29)34-27-24(28)33-3/h5-10,13-14,25H,4,11-12H2,1-3H3/b18-13-,25-21?. The van der Waals surface area contributed by atoms with E-state index in [-0.39, 0.29) is 11.4 Å². The van der Waals surface area contributed by atoms with Gasteiger partial charge >= 0.3 is 0 Å². The molecule has 34 heavy (non-hydrogen) atoms. The van der Waals surface area contributed by atoms with E-state index in [4.69, 9.17) is 19.6 Å². The molecule has 2 aromatic rings. The number of rotatable bonds is 8. The number of thioether (sulfide) groups is 1. The molecule has 0 atom stereocenters. The third kappa shape index (κ3) is 5.28. The number of aryl methyl sites for hydroxylation is 1. The summed E-state index contributed by atoms with van der Waals surface area (Å²) < 4.78 is 21.6. The topological polar surface area (TPSA) is 96.6 Å². The van der Waals surface area contributed by atoms with Gasteiger partial charge in [-0.1, -0.05) is 35.5 Å². The fourth-order valence-electron chi connectivity index (χ4n) is 3.25. The van der Waals surface area contributed by atoms with E-state index in [1.807, 2.05) is 50.4 Å². The number of nitrogens with zero attached hydrogens (tertiary/aromatic N) is 3. The predicted molar refractivity (Wildman–Crippen MR) is 138 cm³/mol. The summed E-state index contributed by atoms with van der Waals surface area (Å²) in [6.45, 7) is 5.11. The molecule has 1 N–H and O–H groups in total. The van der Waals surface area contributed by atoms with Crippen molar-refractivity contribution >= 4 is 51.9 Å². The molecule has 2 aliphatic heterocycles. The van der Waals surface area contributed by atoms with Crippen molar-refractivity contribution in [3.63, 3.8) is 0 Å². The fourth-order valence-corrected chi connectivity index (χ4v) is 4.70. The smallest absolute Gasteiger partial charge is 0.283 e. The molecule has 0 aromatic heterocycles. The molecular weight excluding hydrogens is 472 g/mol. The van der Waals surface area contributed by atoms with Gasteiger partial charge in [0.25, 0.3) is 5.91 Å². The van der Waals surface area contributed by atoms with Gasteiger partial charge in [0, 0.05) is 0 Å². The number of benzene rings is 2. The van der Waals surface area contributed by atoms with Crippen molar-refractivity contribution in [3.05, 3.63) is 59.2 Å². The molecule has 4 rings (SSSR count). The molecule has 0 spiro atoms.